The zero-order chi connectivity index (χ0) is 27.5. The van der Waals surface area contributed by atoms with E-state index in [4.69, 9.17) is 17.2 Å². The number of hydrogen-bond acceptors (Lipinski definition) is 5. The average Bonchev–Trinajstić information content (AvgIpc) is 2.90. The number of carboxylic acid groups (broad SMARTS) is 1. The van der Waals surface area contributed by atoms with E-state index in [1.54, 1.807) is 0 Å². The van der Waals surface area contributed by atoms with Gasteiger partial charge in [-0.1, -0.05) is 72.8 Å². The first-order valence-electron chi connectivity index (χ1n) is 12.4. The van der Waals surface area contributed by atoms with Crippen LogP contribution >= 0.6 is 0 Å². The summed E-state index contributed by atoms with van der Waals surface area (Å²) in [5, 5.41) is 17.0. The maximum absolute atomic E-state index is 13.3. The molecule has 3 atom stereocenters. The Morgan fingerprint density at radius 3 is 2.13 bits per heavy atom. The molecule has 0 radical (unpaired) electrons. The van der Waals surface area contributed by atoms with Crippen molar-refractivity contribution in [2.24, 2.45) is 22.2 Å². The molecular formula is C28H34N6O4. The zero-order valence-electron chi connectivity index (χ0n) is 21.0. The highest BCUT2D eigenvalue weighted by Gasteiger charge is 2.28. The summed E-state index contributed by atoms with van der Waals surface area (Å²) in [5.74, 6) is -2.41. The van der Waals surface area contributed by atoms with Gasteiger partial charge in [-0.25, -0.2) is 4.79 Å². The minimum absolute atomic E-state index is 0.0917. The molecular weight excluding hydrogens is 484 g/mol. The molecule has 0 aliphatic heterocycles. The Labute approximate surface area is 221 Å². The predicted octanol–water partition coefficient (Wildman–Crippen LogP) is 1.06. The first-order valence-corrected chi connectivity index (χ1v) is 12.4. The molecule has 10 nitrogen and oxygen atoms in total. The lowest BCUT2D eigenvalue weighted by atomic mass is 10.00. The van der Waals surface area contributed by atoms with Gasteiger partial charge >= 0.3 is 5.97 Å². The summed E-state index contributed by atoms with van der Waals surface area (Å²) in [5.41, 5.74) is 18.5. The maximum atomic E-state index is 13.3. The third-order valence-corrected chi connectivity index (χ3v) is 6.08. The minimum atomic E-state index is -1.19. The van der Waals surface area contributed by atoms with Gasteiger partial charge in [-0.3, -0.25) is 14.6 Å². The fraction of sp³-hybridized carbons (Fsp3) is 0.286. The van der Waals surface area contributed by atoms with Crippen LogP contribution in [0.4, 0.5) is 0 Å². The minimum Gasteiger partial charge on any atom is -0.480 e. The van der Waals surface area contributed by atoms with Gasteiger partial charge in [0.2, 0.25) is 11.8 Å². The zero-order valence-corrected chi connectivity index (χ0v) is 21.0. The Kier molecular flexibility index (Phi) is 10.2. The molecule has 0 unspecified atom stereocenters. The number of hydrogen-bond donors (Lipinski definition) is 6. The smallest absolute Gasteiger partial charge is 0.326 e. The predicted molar refractivity (Wildman–Crippen MR) is 147 cm³/mol. The van der Waals surface area contributed by atoms with Gasteiger partial charge in [-0.15, -0.1) is 0 Å². The molecule has 200 valence electrons. The van der Waals surface area contributed by atoms with E-state index in [-0.39, 0.29) is 25.3 Å². The molecule has 0 spiro atoms. The number of rotatable bonds is 13. The summed E-state index contributed by atoms with van der Waals surface area (Å²) in [4.78, 5) is 41.9. The highest BCUT2D eigenvalue weighted by atomic mass is 16.4. The summed E-state index contributed by atoms with van der Waals surface area (Å²) < 4.78 is 0. The normalized spacial score (nSPS) is 13.2. The van der Waals surface area contributed by atoms with Gasteiger partial charge < -0.3 is 32.9 Å². The number of benzene rings is 3. The van der Waals surface area contributed by atoms with Gasteiger partial charge in [0.15, 0.2) is 5.96 Å². The number of fused-ring (bicyclic) bond motifs is 1. The third-order valence-electron chi connectivity index (χ3n) is 6.08. The molecule has 38 heavy (non-hydrogen) atoms. The van der Waals surface area contributed by atoms with E-state index in [1.165, 1.54) is 0 Å². The Morgan fingerprint density at radius 1 is 0.789 bits per heavy atom. The topological polar surface area (TPSA) is 186 Å². The fourth-order valence-electron chi connectivity index (χ4n) is 4.08. The van der Waals surface area contributed by atoms with Gasteiger partial charge in [-0.2, -0.15) is 0 Å². The van der Waals surface area contributed by atoms with Crippen LogP contribution in [0.15, 0.2) is 77.8 Å². The number of aliphatic carboxylic acids is 1. The van der Waals surface area contributed by atoms with E-state index >= 15 is 0 Å². The van der Waals surface area contributed by atoms with Crippen molar-refractivity contribution in [1.29, 1.82) is 0 Å². The molecule has 0 heterocycles. The molecule has 0 aliphatic rings. The van der Waals surface area contributed by atoms with E-state index in [2.05, 4.69) is 15.6 Å². The summed E-state index contributed by atoms with van der Waals surface area (Å²) in [7, 11) is 0. The van der Waals surface area contributed by atoms with Crippen LogP contribution in [0.25, 0.3) is 10.8 Å². The Balaban J connectivity index is 1.76. The van der Waals surface area contributed by atoms with Crippen molar-refractivity contribution in [3.05, 3.63) is 83.9 Å². The molecule has 0 saturated heterocycles. The lowest BCUT2D eigenvalue weighted by Gasteiger charge is -2.23. The molecule has 0 fully saturated rings. The molecule has 9 N–H and O–H groups in total. The SMILES string of the molecule is NC(N)=NCCC[C@H](NC(=O)[C@H](Cc1ccc2ccccc2c1)NC(=O)[C@@H](N)Cc1ccccc1)C(=O)O. The highest BCUT2D eigenvalue weighted by Crippen LogP contribution is 2.17. The van der Waals surface area contributed by atoms with Crippen LogP contribution in [0, 0.1) is 0 Å². The molecule has 3 rings (SSSR count). The van der Waals surface area contributed by atoms with Gasteiger partial charge in [0.05, 0.1) is 6.04 Å². The van der Waals surface area contributed by atoms with Crippen molar-refractivity contribution >= 4 is 34.5 Å². The molecule has 3 aromatic carbocycles. The van der Waals surface area contributed by atoms with E-state index < -0.39 is 35.9 Å². The van der Waals surface area contributed by atoms with Gasteiger partial charge in [0.25, 0.3) is 0 Å². The lowest BCUT2D eigenvalue weighted by Crippen LogP contribution is -2.55. The average molecular weight is 519 g/mol. The van der Waals surface area contributed by atoms with Crippen molar-refractivity contribution < 1.29 is 19.5 Å². The van der Waals surface area contributed by atoms with Gasteiger partial charge in [0.1, 0.15) is 12.1 Å². The Morgan fingerprint density at radius 2 is 1.45 bits per heavy atom. The van der Waals surface area contributed by atoms with Crippen molar-refractivity contribution in [2.75, 3.05) is 6.54 Å². The molecule has 2 amide bonds. The molecule has 3 aromatic rings. The first-order chi connectivity index (χ1) is 18.2. The van der Waals surface area contributed by atoms with Crippen LogP contribution in [0.3, 0.4) is 0 Å². The number of amides is 2. The number of carboxylic acids is 1. The number of carbonyl (C=O) groups is 3. The highest BCUT2D eigenvalue weighted by molar-refractivity contribution is 5.92. The number of guanidine groups is 1. The van der Waals surface area contributed by atoms with Crippen LogP contribution in [-0.2, 0) is 27.2 Å². The number of aliphatic imine (C=N–C) groups is 1. The van der Waals surface area contributed by atoms with E-state index in [0.29, 0.717) is 12.8 Å². The number of nitrogens with two attached hydrogens (primary N) is 3. The molecule has 0 aliphatic carbocycles. The van der Waals surface area contributed by atoms with Crippen LogP contribution < -0.4 is 27.8 Å². The Bertz CT molecular complexity index is 1280. The third kappa shape index (κ3) is 8.59. The van der Waals surface area contributed by atoms with Crippen LogP contribution in [0.5, 0.6) is 0 Å². The summed E-state index contributed by atoms with van der Waals surface area (Å²) in [6, 6.07) is 19.8. The summed E-state index contributed by atoms with van der Waals surface area (Å²) in [6.07, 6.45) is 0.904. The second-order valence-electron chi connectivity index (χ2n) is 9.09. The van der Waals surface area contributed by atoms with Gasteiger partial charge in [-0.05, 0) is 41.2 Å². The van der Waals surface area contributed by atoms with Gasteiger partial charge in [0, 0.05) is 13.0 Å². The van der Waals surface area contributed by atoms with Crippen LogP contribution in [0.1, 0.15) is 24.0 Å². The van der Waals surface area contributed by atoms with Crippen molar-refractivity contribution in [1.82, 2.24) is 10.6 Å². The molecule has 0 aromatic heterocycles. The standard InChI is InChI=1S/C28H34N6O4/c29-22(16-18-7-2-1-3-8-18)25(35)34-24(17-19-12-13-20-9-4-5-10-21(20)15-19)26(36)33-23(27(37)38)11-6-14-32-28(30)31/h1-5,7-10,12-13,15,22-24H,6,11,14,16-17,29H2,(H,33,36)(H,34,35)(H,37,38)(H4,30,31,32)/t22-,23-,24-/m0/s1. The number of nitrogens with one attached hydrogen (secondary N) is 2. The maximum Gasteiger partial charge on any atom is 0.326 e. The number of nitrogens with zero attached hydrogens (tertiary/aromatic N) is 1. The Hall–Kier alpha value is -4.44. The number of carbonyl (C=O) groups excluding carboxylic acids is 2. The first kappa shape index (κ1) is 28.1. The van der Waals surface area contributed by atoms with Crippen molar-refractivity contribution in [2.45, 2.75) is 43.8 Å². The fourth-order valence-corrected chi connectivity index (χ4v) is 4.08. The molecule has 0 bridgehead atoms. The second kappa shape index (κ2) is 13.8. The molecule has 0 saturated carbocycles. The monoisotopic (exact) mass is 518 g/mol. The second-order valence-corrected chi connectivity index (χ2v) is 9.09. The lowest BCUT2D eigenvalue weighted by molar-refractivity contribution is -0.142. The van der Waals surface area contributed by atoms with E-state index in [9.17, 15) is 19.5 Å². The van der Waals surface area contributed by atoms with E-state index in [1.807, 2.05) is 72.8 Å². The summed E-state index contributed by atoms with van der Waals surface area (Å²) in [6.45, 7) is 0.230. The quantitative estimate of drug-likeness (QED) is 0.111. The van der Waals surface area contributed by atoms with Crippen molar-refractivity contribution in [3.63, 3.8) is 0 Å². The van der Waals surface area contributed by atoms with Crippen LogP contribution in [-0.4, -0.2) is 53.5 Å². The largest absolute Gasteiger partial charge is 0.480 e. The molecule has 10 heteroatoms. The summed E-state index contributed by atoms with van der Waals surface area (Å²) >= 11 is 0. The van der Waals surface area contributed by atoms with Crippen molar-refractivity contribution in [3.8, 4) is 0 Å². The van der Waals surface area contributed by atoms with E-state index in [0.717, 1.165) is 21.9 Å². The van der Waals surface area contributed by atoms with Crippen LogP contribution in [0.2, 0.25) is 0 Å².